The smallest absolute Gasteiger partial charge is 0.511 e. The summed E-state index contributed by atoms with van der Waals surface area (Å²) in [7, 11) is -2.86. The zero-order valence-electron chi connectivity index (χ0n) is 4.98. The fraction of sp³-hybridized carbons (Fsp3) is 1.00. The van der Waals surface area contributed by atoms with Gasteiger partial charge in [0, 0.05) is 0 Å². The summed E-state index contributed by atoms with van der Waals surface area (Å²) in [4.78, 5) is 16.9. The SMILES string of the molecule is O=[Si](O)OCC1COOO1. The summed E-state index contributed by atoms with van der Waals surface area (Å²) in [5, 5.41) is 4.04. The lowest BCUT2D eigenvalue weighted by atomic mass is 10.4. The summed E-state index contributed by atoms with van der Waals surface area (Å²) in [6, 6.07) is 0. The molecule has 0 aliphatic carbocycles. The molecule has 0 spiro atoms. The summed E-state index contributed by atoms with van der Waals surface area (Å²) < 4.78 is 14.3. The van der Waals surface area contributed by atoms with E-state index in [1.165, 1.54) is 0 Å². The van der Waals surface area contributed by atoms with Crippen molar-refractivity contribution in [2.24, 2.45) is 0 Å². The van der Waals surface area contributed by atoms with Gasteiger partial charge in [0.05, 0.1) is 0 Å². The molecule has 1 heterocycles. The van der Waals surface area contributed by atoms with Crippen LogP contribution < -0.4 is 0 Å². The first-order valence-electron chi connectivity index (χ1n) is 2.59. The first-order chi connectivity index (χ1) is 4.79. The third-order valence-corrected chi connectivity index (χ3v) is 1.28. The predicted molar refractivity (Wildman–Crippen MR) is 26.5 cm³/mol. The van der Waals surface area contributed by atoms with Crippen LogP contribution in [-0.4, -0.2) is 33.3 Å². The van der Waals surface area contributed by atoms with Gasteiger partial charge in [0.2, 0.25) is 0 Å². The molecule has 1 N–H and O–H groups in total. The van der Waals surface area contributed by atoms with Gasteiger partial charge in [0.25, 0.3) is 0 Å². The Hall–Kier alpha value is -0.503. The van der Waals surface area contributed by atoms with E-state index in [-0.39, 0.29) is 13.2 Å². The fourth-order valence-electron chi connectivity index (χ4n) is 0.455. The molecule has 1 saturated heterocycles. The van der Waals surface area contributed by atoms with E-state index in [0.717, 1.165) is 0 Å². The van der Waals surface area contributed by atoms with Gasteiger partial charge in [-0.2, -0.15) is 4.89 Å². The highest BCUT2D eigenvalue weighted by Crippen LogP contribution is 2.03. The van der Waals surface area contributed by atoms with Crippen molar-refractivity contribution in [1.82, 2.24) is 0 Å². The molecule has 0 aromatic rings. The predicted octanol–water partition coefficient (Wildman–Crippen LogP) is -1.33. The maximum absolute atomic E-state index is 9.98. The normalized spacial score (nSPS) is 24.6. The summed E-state index contributed by atoms with van der Waals surface area (Å²) >= 11 is 0. The fourth-order valence-corrected chi connectivity index (χ4v) is 0.783. The van der Waals surface area contributed by atoms with Gasteiger partial charge >= 0.3 is 9.17 Å². The Morgan fingerprint density at radius 1 is 1.80 bits per heavy atom. The third kappa shape index (κ3) is 2.39. The van der Waals surface area contributed by atoms with Crippen molar-refractivity contribution in [3.8, 4) is 0 Å². The molecule has 0 saturated carbocycles. The lowest BCUT2D eigenvalue weighted by molar-refractivity contribution is -0.460. The zero-order chi connectivity index (χ0) is 7.40. The number of hydrogen-bond donors (Lipinski definition) is 1. The van der Waals surface area contributed by atoms with Crippen molar-refractivity contribution in [1.29, 1.82) is 0 Å². The van der Waals surface area contributed by atoms with Gasteiger partial charge < -0.3 is 9.22 Å². The molecule has 1 aliphatic heterocycles. The van der Waals surface area contributed by atoms with Crippen LogP contribution in [0.4, 0.5) is 0 Å². The molecule has 6 nitrogen and oxygen atoms in total. The monoisotopic (exact) mass is 166 g/mol. The van der Waals surface area contributed by atoms with E-state index >= 15 is 0 Å². The van der Waals surface area contributed by atoms with Gasteiger partial charge in [0.15, 0.2) is 6.10 Å². The molecular weight excluding hydrogens is 160 g/mol. The van der Waals surface area contributed by atoms with Crippen molar-refractivity contribution in [2.75, 3.05) is 13.2 Å². The highest BCUT2D eigenvalue weighted by molar-refractivity contribution is 6.24. The van der Waals surface area contributed by atoms with Crippen LogP contribution in [0.2, 0.25) is 0 Å². The lowest BCUT2D eigenvalue weighted by Gasteiger charge is -2.01. The number of rotatable bonds is 3. The molecular formula is C3H6O6Si. The molecule has 10 heavy (non-hydrogen) atoms. The van der Waals surface area contributed by atoms with E-state index in [9.17, 15) is 4.46 Å². The molecule has 7 heteroatoms. The van der Waals surface area contributed by atoms with Crippen molar-refractivity contribution in [2.45, 2.75) is 6.10 Å². The molecule has 0 bridgehead atoms. The molecule has 1 atom stereocenters. The van der Waals surface area contributed by atoms with Crippen LogP contribution in [0.3, 0.4) is 0 Å². The summed E-state index contributed by atoms with van der Waals surface area (Å²) in [5.41, 5.74) is 0. The van der Waals surface area contributed by atoms with Crippen molar-refractivity contribution in [3.05, 3.63) is 0 Å². The minimum Gasteiger partial charge on any atom is -0.511 e. The Morgan fingerprint density at radius 2 is 2.60 bits per heavy atom. The molecule has 0 aromatic carbocycles. The van der Waals surface area contributed by atoms with Crippen LogP contribution in [0, 0.1) is 0 Å². The first-order valence-corrected chi connectivity index (χ1v) is 3.86. The van der Waals surface area contributed by atoms with Crippen LogP contribution in [0.1, 0.15) is 0 Å². The second-order valence-corrected chi connectivity index (χ2v) is 2.47. The topological polar surface area (TPSA) is 74.2 Å². The maximum Gasteiger partial charge on any atom is 0.764 e. The van der Waals surface area contributed by atoms with Gasteiger partial charge in [0.1, 0.15) is 13.2 Å². The molecule has 1 fully saturated rings. The second-order valence-electron chi connectivity index (χ2n) is 1.65. The average Bonchev–Trinajstić information content (AvgIpc) is 2.34. The molecule has 1 rings (SSSR count). The summed E-state index contributed by atoms with van der Waals surface area (Å²) in [6.45, 7) is 0.226. The second kappa shape index (κ2) is 3.61. The van der Waals surface area contributed by atoms with E-state index in [2.05, 4.69) is 19.2 Å². The van der Waals surface area contributed by atoms with Crippen LogP contribution >= 0.6 is 0 Å². The van der Waals surface area contributed by atoms with Gasteiger partial charge in [-0.05, 0) is 0 Å². The summed E-state index contributed by atoms with van der Waals surface area (Å²) in [5.74, 6) is 0. The third-order valence-electron chi connectivity index (χ3n) is 0.870. The van der Waals surface area contributed by atoms with E-state index in [0.29, 0.717) is 0 Å². The lowest BCUT2D eigenvalue weighted by Crippen LogP contribution is -2.20. The Kier molecular flexibility index (Phi) is 2.75. The van der Waals surface area contributed by atoms with Crippen LogP contribution in [0.25, 0.3) is 0 Å². The summed E-state index contributed by atoms with van der Waals surface area (Å²) in [6.07, 6.45) is -0.402. The largest absolute Gasteiger partial charge is 0.764 e. The van der Waals surface area contributed by atoms with Crippen molar-refractivity contribution in [3.63, 3.8) is 0 Å². The standard InChI is InChI=1S/C3H6O6Si/c4-10(5)7-2-3-1-6-9-8-3/h3-4H,1-2H2. The molecule has 1 unspecified atom stereocenters. The van der Waals surface area contributed by atoms with Gasteiger partial charge in [-0.25, -0.2) is 4.89 Å². The van der Waals surface area contributed by atoms with Crippen LogP contribution in [0.5, 0.6) is 0 Å². The van der Waals surface area contributed by atoms with Gasteiger partial charge in [-0.1, -0.05) is 5.04 Å². The number of hydrogen-bond acceptors (Lipinski definition) is 5. The van der Waals surface area contributed by atoms with Gasteiger partial charge in [-0.3, -0.25) is 4.46 Å². The van der Waals surface area contributed by atoms with E-state index < -0.39 is 15.3 Å². The van der Waals surface area contributed by atoms with Gasteiger partial charge in [-0.15, -0.1) is 0 Å². The Morgan fingerprint density at radius 3 is 3.10 bits per heavy atom. The molecule has 0 aromatic heterocycles. The molecule has 0 amide bonds. The van der Waals surface area contributed by atoms with Crippen LogP contribution in [0.15, 0.2) is 0 Å². The minimum atomic E-state index is -2.86. The van der Waals surface area contributed by atoms with Crippen molar-refractivity contribution >= 4 is 9.17 Å². The highest BCUT2D eigenvalue weighted by atomic mass is 28.3. The van der Waals surface area contributed by atoms with Crippen molar-refractivity contribution < 1.29 is 28.5 Å². The maximum atomic E-state index is 9.98. The van der Waals surface area contributed by atoms with E-state index in [4.69, 9.17) is 4.80 Å². The zero-order valence-corrected chi connectivity index (χ0v) is 5.98. The van der Waals surface area contributed by atoms with E-state index in [1.54, 1.807) is 0 Å². The minimum absolute atomic E-state index is 0.00823. The quantitative estimate of drug-likeness (QED) is 0.413. The first kappa shape index (κ1) is 7.60. The molecule has 58 valence electrons. The molecule has 1 aliphatic rings. The Balaban J connectivity index is 2.07. The average molecular weight is 166 g/mol. The Labute approximate surface area is 58.0 Å². The highest BCUT2D eigenvalue weighted by Gasteiger charge is 2.21. The Bertz CT molecular complexity index is 120. The molecule has 0 radical (unpaired) electrons. The van der Waals surface area contributed by atoms with Crippen LogP contribution in [-0.2, 0) is 23.7 Å². The van der Waals surface area contributed by atoms with E-state index in [1.807, 2.05) is 0 Å².